The summed E-state index contributed by atoms with van der Waals surface area (Å²) in [6, 6.07) is 14.1. The molecule has 0 amide bonds. The van der Waals surface area contributed by atoms with Crippen molar-refractivity contribution in [3.63, 3.8) is 0 Å². The molecule has 13 N–H and O–H groups in total. The number of ether oxygens (including phenoxy) is 4. The quantitative estimate of drug-likeness (QED) is 0.0347. The van der Waals surface area contributed by atoms with E-state index in [0.29, 0.717) is 44.2 Å². The van der Waals surface area contributed by atoms with Crippen molar-refractivity contribution >= 4 is 98.1 Å². The molecule has 0 spiro atoms. The maximum atomic E-state index is 13.3. The van der Waals surface area contributed by atoms with Crippen LogP contribution < -0.4 is 16.2 Å². The number of fused-ring (bicyclic) bond motifs is 1. The van der Waals surface area contributed by atoms with Crippen molar-refractivity contribution in [1.82, 2.24) is 0 Å². The first-order chi connectivity index (χ1) is 47.4. The number of nitrogens with two attached hydrogens (primary N) is 2. The van der Waals surface area contributed by atoms with Gasteiger partial charge in [-0.1, -0.05) is 147 Å². The number of cyclic esters (lactones) is 1. The van der Waals surface area contributed by atoms with Crippen LogP contribution in [-0.4, -0.2) is 172 Å². The lowest BCUT2D eigenvalue weighted by Crippen LogP contribution is -2.61. The molecule has 100 heavy (non-hydrogen) atoms. The van der Waals surface area contributed by atoms with Crippen molar-refractivity contribution in [3.05, 3.63) is 166 Å². The molecule has 3 aromatic rings. The highest BCUT2D eigenvalue weighted by atomic mass is 35.5. The number of aliphatic imine (C=N–C) groups is 1. The highest BCUT2D eigenvalue weighted by Crippen LogP contribution is 2.42. The number of aliphatic hydroxyl groups is 8. The first-order valence-corrected chi connectivity index (χ1v) is 35.4. The van der Waals surface area contributed by atoms with E-state index in [1.807, 2.05) is 38.3 Å². The van der Waals surface area contributed by atoms with Gasteiger partial charge in [0.2, 0.25) is 0 Å². The van der Waals surface area contributed by atoms with Crippen LogP contribution in [0.1, 0.15) is 121 Å². The van der Waals surface area contributed by atoms with Crippen LogP contribution in [0.4, 0.5) is 11.4 Å². The molecule has 1 fully saturated rings. The van der Waals surface area contributed by atoms with E-state index in [4.69, 9.17) is 65.2 Å². The van der Waals surface area contributed by atoms with Gasteiger partial charge in [0.15, 0.2) is 12.1 Å². The Kier molecular flexibility index (Phi) is 36.0. The number of nitrogens with zero attached hydrogens (tertiary/aromatic N) is 1. The number of hydrogen-bond acceptors (Lipinski definition) is 22. The van der Waals surface area contributed by atoms with Gasteiger partial charge in [0.05, 0.1) is 75.6 Å². The molecule has 546 valence electrons. The van der Waals surface area contributed by atoms with E-state index < -0.39 is 153 Å². The number of rotatable bonds is 12. The smallest absolute Gasteiger partial charge is 0.313 e. The van der Waals surface area contributed by atoms with Gasteiger partial charge in [-0.25, -0.2) is 4.99 Å². The first-order valence-electron chi connectivity index (χ1n) is 33.1. The Bertz CT molecular complexity index is 3450. The van der Waals surface area contributed by atoms with Crippen LogP contribution in [0, 0.1) is 23.7 Å². The molecular weight excluding hydrogens is 1370 g/mol. The summed E-state index contributed by atoms with van der Waals surface area (Å²) in [5, 5.41) is 98.1. The van der Waals surface area contributed by atoms with Gasteiger partial charge in [-0.2, -0.15) is 0 Å². The number of aliphatic hydroxyl groups excluding tert-OH is 8. The monoisotopic (exact) mass is 1470 g/mol. The fraction of sp³-hybridized carbons (Fsp3) is 0.473. The Hall–Kier alpha value is -6.49. The minimum Gasteiger partial charge on any atom is -0.481 e. The van der Waals surface area contributed by atoms with E-state index in [-0.39, 0.29) is 55.6 Å². The lowest BCUT2D eigenvalue weighted by Gasteiger charge is -2.41. The van der Waals surface area contributed by atoms with Gasteiger partial charge >= 0.3 is 11.9 Å². The van der Waals surface area contributed by atoms with E-state index in [9.17, 15) is 74.7 Å². The van der Waals surface area contributed by atoms with Crippen LogP contribution in [-0.2, 0) is 44.6 Å². The molecule has 3 heterocycles. The largest absolute Gasteiger partial charge is 0.481 e. The van der Waals surface area contributed by atoms with Crippen molar-refractivity contribution in [2.24, 2.45) is 34.4 Å². The molecule has 0 bridgehead atoms. The molecule has 1 saturated heterocycles. The van der Waals surface area contributed by atoms with Crippen molar-refractivity contribution in [1.29, 1.82) is 0 Å². The number of nitrogen functional groups attached to an aromatic ring is 1. The number of thioether (sulfide) groups is 1. The third-order valence-electron chi connectivity index (χ3n) is 16.9. The number of aliphatic carboxylic acids is 1. The maximum absolute atomic E-state index is 13.3. The van der Waals surface area contributed by atoms with Gasteiger partial charge in [-0.15, -0.1) is 11.8 Å². The summed E-state index contributed by atoms with van der Waals surface area (Å²) >= 11 is 20.0. The number of hydrogen-bond donors (Lipinski definition) is 11. The number of carbonyl (C=O) groups is 6. The normalized spacial score (nSPS) is 30.1. The number of benzene rings is 3. The minimum absolute atomic E-state index is 0.0619. The summed E-state index contributed by atoms with van der Waals surface area (Å²) in [6.45, 7) is 7.00. The maximum Gasteiger partial charge on any atom is 0.313 e. The molecule has 3 aromatic carbocycles. The zero-order valence-electron chi connectivity index (χ0n) is 56.5. The molecule has 3 aliphatic rings. The number of anilines is 1. The molecular formula is C74H94Cl3N3O19S. The van der Waals surface area contributed by atoms with Crippen molar-refractivity contribution in [2.75, 3.05) is 12.0 Å². The van der Waals surface area contributed by atoms with Crippen LogP contribution in [0.3, 0.4) is 0 Å². The Morgan fingerprint density at radius 1 is 0.700 bits per heavy atom. The lowest BCUT2D eigenvalue weighted by atomic mass is 9.83. The average molecular weight is 1470 g/mol. The molecule has 0 aliphatic carbocycles. The summed E-state index contributed by atoms with van der Waals surface area (Å²) in [4.78, 5) is 81.8. The zero-order chi connectivity index (χ0) is 73.8. The van der Waals surface area contributed by atoms with E-state index in [1.165, 1.54) is 19.1 Å². The number of Topliss-reactive ketones (excluding diaryl/α,β-unsaturated/α-hetero) is 4. The van der Waals surface area contributed by atoms with Crippen molar-refractivity contribution in [3.8, 4) is 11.5 Å². The minimum atomic E-state index is -1.95. The highest BCUT2D eigenvalue weighted by Gasteiger charge is 2.43. The molecule has 6 rings (SSSR count). The van der Waals surface area contributed by atoms with E-state index >= 15 is 0 Å². The van der Waals surface area contributed by atoms with Gasteiger partial charge in [-0.3, -0.25) is 28.8 Å². The third-order valence-corrected chi connectivity index (χ3v) is 18.7. The van der Waals surface area contributed by atoms with Crippen molar-refractivity contribution in [2.45, 2.75) is 191 Å². The summed E-state index contributed by atoms with van der Waals surface area (Å²) in [5.41, 5.74) is 14.8. The van der Waals surface area contributed by atoms with E-state index in [2.05, 4.69) is 4.99 Å². The number of carbonyl (C=O) groups excluding carboxylic acids is 5. The second-order valence-corrected chi connectivity index (χ2v) is 27.4. The molecule has 0 radical (unpaired) electrons. The number of ketones is 4. The molecule has 0 saturated carbocycles. The van der Waals surface area contributed by atoms with E-state index in [0.717, 1.165) is 22.7 Å². The standard InChI is InChI=1S/C59H84N2O18.C15H10Cl3NOS/c1-35-18-15-13-11-9-7-5-6-8-10-12-14-16-21-47(78-59-54(61)56(74)55(73)38(4)77-59)33-51(71)53(58(75)76)50(70)31-46(67)30-45(66)29-44(65)28-43(64)27-41(62)19-17-20-42(63)32-52(72)79-57(35)37(3)26-36(2)48(68)34-49(69)39-22-24-40(60)25-23-39;1-21-14-6-8-5-13(10(17)7-11(8)19-14)20-12-4-2-3-9(16)15(12)18/h5-16,18,21-25,35-38,43-45,47-48,50-51,53-57,59,64-66,68,70-71,73-74H,17,19-20,26-34,60-61H2,1-4H3,(H,75,76);2-5,7H,6H2,1H3/b6-5+,9-7+,10-8+,13-11+,14-12+,18-15+,21-16+;/t35?,36?,37?,38-,43?,44?,45?,47?,48?,50?,51?,53?,54+,55+,56+,57?,59+;/m1./s1. The Labute approximate surface area is 602 Å². The summed E-state index contributed by atoms with van der Waals surface area (Å²) in [5.74, 6) is -6.38. The molecule has 12 unspecified atom stereocenters. The second-order valence-electron chi connectivity index (χ2n) is 25.3. The number of carboxylic acid groups (broad SMARTS) is 1. The fourth-order valence-corrected chi connectivity index (χ4v) is 12.4. The fourth-order valence-electron chi connectivity index (χ4n) is 11.4. The SMILES string of the molecule is CC1/C=C/C=C/C=C/C=C/C=C/C=C/C=C/C(O[C@@H]2O[C@H](C)[C@H](O)[C@@H](O)[C@@H]2N)CC(O)C(C(=O)O)C(O)CC(=O)CC(O)CC(O)CC(O)CC(=O)CCCC(=O)CC(=O)OC1C(C)CC(C)C(O)CC(=O)c1ccc(N)cc1.CSC1=Nc2cc(Cl)c(Oc3cccc(Cl)c3Cl)cc2C1. The molecule has 3 aliphatic heterocycles. The van der Waals surface area contributed by atoms with Gasteiger partial charge in [-0.05, 0) is 105 Å². The number of esters is 1. The van der Waals surface area contributed by atoms with Crippen LogP contribution in [0.2, 0.25) is 15.1 Å². The highest BCUT2D eigenvalue weighted by molar-refractivity contribution is 8.13. The second kappa shape index (κ2) is 42.8. The van der Waals surface area contributed by atoms with Gasteiger partial charge in [0.25, 0.3) is 0 Å². The molecule has 22 nitrogen and oxygen atoms in total. The molecule has 17 atom stereocenters. The predicted octanol–water partition coefficient (Wildman–Crippen LogP) is 10.0. The lowest BCUT2D eigenvalue weighted by molar-refractivity contribution is -0.265. The van der Waals surface area contributed by atoms with Gasteiger partial charge in [0.1, 0.15) is 64.5 Å². The van der Waals surface area contributed by atoms with Gasteiger partial charge < -0.3 is 76.4 Å². The predicted molar refractivity (Wildman–Crippen MR) is 386 cm³/mol. The Balaban J connectivity index is 0.000000719. The summed E-state index contributed by atoms with van der Waals surface area (Å²) in [7, 11) is 0. The third kappa shape index (κ3) is 28.4. The van der Waals surface area contributed by atoms with Gasteiger partial charge in [0, 0.05) is 68.5 Å². The van der Waals surface area contributed by atoms with Crippen molar-refractivity contribution < 1.29 is 93.7 Å². The molecule has 26 heteroatoms. The van der Waals surface area contributed by atoms with Crippen LogP contribution in [0.15, 0.2) is 145 Å². The Morgan fingerprint density at radius 3 is 1.90 bits per heavy atom. The number of carboxylic acids is 1. The van der Waals surface area contributed by atoms with Crippen LogP contribution in [0.25, 0.3) is 0 Å². The zero-order valence-corrected chi connectivity index (χ0v) is 59.6. The summed E-state index contributed by atoms with van der Waals surface area (Å²) < 4.78 is 23.4. The Morgan fingerprint density at radius 2 is 1.29 bits per heavy atom. The van der Waals surface area contributed by atoms with Crippen LogP contribution >= 0.6 is 46.6 Å². The average Bonchev–Trinajstić information content (AvgIpc) is 1.57. The molecule has 0 aromatic heterocycles. The topological polar surface area (TPSA) is 386 Å². The van der Waals surface area contributed by atoms with E-state index in [1.54, 1.807) is 128 Å². The number of allylic oxidation sites excluding steroid dienone is 12. The van der Waals surface area contributed by atoms with Crippen LogP contribution in [0.5, 0.6) is 11.5 Å². The summed E-state index contributed by atoms with van der Waals surface area (Å²) in [6.07, 6.45) is 7.17. The first kappa shape index (κ1) is 84.2. The number of halogens is 3.